The molecule has 1 aliphatic rings. The van der Waals surface area contributed by atoms with E-state index >= 15 is 0 Å². The lowest BCUT2D eigenvalue weighted by atomic mass is 9.99. The summed E-state index contributed by atoms with van der Waals surface area (Å²) in [4.78, 5) is 2.21. The number of aliphatic hydroxyl groups excluding tert-OH is 1. The minimum absolute atomic E-state index is 0.108. The minimum Gasteiger partial charge on any atom is -0.489 e. The zero-order valence-electron chi connectivity index (χ0n) is 21.9. The van der Waals surface area contributed by atoms with Gasteiger partial charge in [0.1, 0.15) is 6.07 Å². The molecule has 0 saturated heterocycles. The van der Waals surface area contributed by atoms with Crippen LogP contribution in [0.2, 0.25) is 0 Å². The Morgan fingerprint density at radius 1 is 1.16 bits per heavy atom. The molecule has 37 heavy (non-hydrogen) atoms. The Hall–Kier alpha value is -2.96. The van der Waals surface area contributed by atoms with Crippen molar-refractivity contribution in [3.63, 3.8) is 0 Å². The highest BCUT2D eigenvalue weighted by Crippen LogP contribution is 2.33. The highest BCUT2D eigenvalue weighted by molar-refractivity contribution is 5.68. The van der Waals surface area contributed by atoms with E-state index in [2.05, 4.69) is 17.0 Å². The van der Waals surface area contributed by atoms with Crippen molar-refractivity contribution in [2.24, 2.45) is 11.7 Å². The summed E-state index contributed by atoms with van der Waals surface area (Å²) in [5, 5.41) is 18.3. The second-order valence-electron chi connectivity index (χ2n) is 9.43. The molecule has 0 radical (unpaired) electrons. The number of nitrogens with two attached hydrogens (primary N) is 1. The highest BCUT2D eigenvalue weighted by atomic mass is 19.4. The monoisotopic (exact) mass is 521 g/mol. The Morgan fingerprint density at radius 3 is 2.41 bits per heavy atom. The second-order valence-corrected chi connectivity index (χ2v) is 9.43. The van der Waals surface area contributed by atoms with E-state index in [1.165, 1.54) is 11.6 Å². The fourth-order valence-corrected chi connectivity index (χ4v) is 3.95. The van der Waals surface area contributed by atoms with Gasteiger partial charge in [0.25, 0.3) is 0 Å². The Bertz CT molecular complexity index is 1020. The van der Waals surface area contributed by atoms with Gasteiger partial charge in [0, 0.05) is 25.7 Å². The molecule has 0 bridgehead atoms. The number of ether oxygens (including phenoxy) is 2. The van der Waals surface area contributed by atoms with E-state index in [9.17, 15) is 18.4 Å². The van der Waals surface area contributed by atoms with Gasteiger partial charge < -0.3 is 25.2 Å². The number of benzene rings is 2. The fraction of sp³-hybridized carbons (Fsp3) is 0.536. The van der Waals surface area contributed by atoms with Gasteiger partial charge in [0.15, 0.2) is 18.1 Å². The van der Waals surface area contributed by atoms with Crippen LogP contribution in [0.1, 0.15) is 50.3 Å². The number of nitrogens with zero attached hydrogens (tertiary/aromatic N) is 2. The standard InChI is InChI=1S/C15H21N3O.C13H17F3O2/c1-11(17)7-12-8-13-3-5-18(4-2-6-19)15(13)14(9-12)10-16;1-3-10(2)8-17-11-6-4-5-7-12(11)18-9-13(14,15)16/h8-9,11,19H,2-7,17H2,1H3;4-7,10H,3,8-9H2,1-2H3. The summed E-state index contributed by atoms with van der Waals surface area (Å²) in [5.74, 6) is 0.820. The SMILES string of the molecule is CC(N)Cc1cc(C#N)c2c(c1)CCN2CCCO.CCC(C)COc1ccccc1OCC(F)(F)F. The summed E-state index contributed by atoms with van der Waals surface area (Å²) in [7, 11) is 0. The van der Waals surface area contributed by atoms with Gasteiger partial charge >= 0.3 is 6.18 Å². The number of anilines is 1. The van der Waals surface area contributed by atoms with Crippen LogP contribution in [0, 0.1) is 17.2 Å². The van der Waals surface area contributed by atoms with Crippen LogP contribution in [0.5, 0.6) is 11.5 Å². The molecule has 3 N–H and O–H groups in total. The van der Waals surface area contributed by atoms with Crippen molar-refractivity contribution in [2.75, 3.05) is 37.8 Å². The molecule has 204 valence electrons. The first-order valence-corrected chi connectivity index (χ1v) is 12.7. The molecule has 0 amide bonds. The number of para-hydroxylation sites is 2. The lowest BCUT2D eigenvalue weighted by molar-refractivity contribution is -0.153. The van der Waals surface area contributed by atoms with Crippen molar-refractivity contribution in [1.82, 2.24) is 0 Å². The Labute approximate surface area is 217 Å². The van der Waals surface area contributed by atoms with Crippen LogP contribution < -0.4 is 20.1 Å². The molecule has 9 heteroatoms. The normalized spacial score (nSPS) is 14.2. The Kier molecular flexibility index (Phi) is 12.0. The first kappa shape index (κ1) is 30.3. The molecule has 2 aromatic rings. The average molecular weight is 522 g/mol. The Morgan fingerprint density at radius 2 is 1.84 bits per heavy atom. The smallest absolute Gasteiger partial charge is 0.422 e. The minimum atomic E-state index is -4.34. The highest BCUT2D eigenvalue weighted by Gasteiger charge is 2.29. The van der Waals surface area contributed by atoms with Gasteiger partial charge in [-0.05, 0) is 61.4 Å². The molecule has 2 unspecified atom stereocenters. The van der Waals surface area contributed by atoms with Crippen molar-refractivity contribution in [3.8, 4) is 17.6 Å². The maximum absolute atomic E-state index is 12.1. The summed E-state index contributed by atoms with van der Waals surface area (Å²) in [5.41, 5.74) is 10.0. The van der Waals surface area contributed by atoms with Crippen molar-refractivity contribution in [1.29, 1.82) is 5.26 Å². The van der Waals surface area contributed by atoms with E-state index in [4.69, 9.17) is 20.3 Å². The van der Waals surface area contributed by atoms with Crippen molar-refractivity contribution >= 4 is 5.69 Å². The van der Waals surface area contributed by atoms with Crippen LogP contribution >= 0.6 is 0 Å². The number of rotatable bonds is 11. The van der Waals surface area contributed by atoms with Gasteiger partial charge in [-0.25, -0.2) is 0 Å². The number of nitriles is 1. The van der Waals surface area contributed by atoms with Crippen LogP contribution in [-0.4, -0.2) is 50.2 Å². The van der Waals surface area contributed by atoms with Gasteiger partial charge in [0.05, 0.1) is 17.9 Å². The molecule has 0 fully saturated rings. The number of aliphatic hydroxyl groups is 1. The molecule has 0 saturated carbocycles. The molecule has 3 rings (SSSR count). The van der Waals surface area contributed by atoms with Crippen LogP contribution in [0.25, 0.3) is 0 Å². The lowest BCUT2D eigenvalue weighted by Gasteiger charge is -2.20. The number of alkyl halides is 3. The first-order chi connectivity index (χ1) is 17.6. The maximum atomic E-state index is 12.1. The number of hydrogen-bond acceptors (Lipinski definition) is 6. The quantitative estimate of drug-likeness (QED) is 0.420. The van der Waals surface area contributed by atoms with E-state index in [0.717, 1.165) is 55.6 Å². The summed E-state index contributed by atoms with van der Waals surface area (Å²) < 4.78 is 46.4. The van der Waals surface area contributed by atoms with Gasteiger partial charge in [-0.3, -0.25) is 0 Å². The molecular weight excluding hydrogens is 483 g/mol. The maximum Gasteiger partial charge on any atom is 0.422 e. The summed E-state index contributed by atoms with van der Waals surface area (Å²) in [6.07, 6.45) is -0.873. The molecular formula is C28H38F3N3O3. The predicted molar refractivity (Wildman–Crippen MR) is 139 cm³/mol. The van der Waals surface area contributed by atoms with Gasteiger partial charge in [-0.15, -0.1) is 0 Å². The topological polar surface area (TPSA) is 91.7 Å². The molecule has 1 heterocycles. The second kappa shape index (κ2) is 14.7. The lowest BCUT2D eigenvalue weighted by Crippen LogP contribution is -2.23. The zero-order chi connectivity index (χ0) is 27.4. The largest absolute Gasteiger partial charge is 0.489 e. The molecule has 2 aromatic carbocycles. The van der Waals surface area contributed by atoms with Gasteiger partial charge in [0.2, 0.25) is 0 Å². The molecule has 6 nitrogen and oxygen atoms in total. The summed E-state index contributed by atoms with van der Waals surface area (Å²) in [6, 6.07) is 12.9. The van der Waals surface area contributed by atoms with Crippen LogP contribution in [0.3, 0.4) is 0 Å². The number of hydrogen-bond donors (Lipinski definition) is 2. The van der Waals surface area contributed by atoms with E-state index in [-0.39, 0.29) is 18.4 Å². The molecule has 0 aliphatic carbocycles. The number of fused-ring (bicyclic) bond motifs is 1. The average Bonchev–Trinajstić information content (AvgIpc) is 3.27. The molecule has 0 spiro atoms. The van der Waals surface area contributed by atoms with Crippen LogP contribution in [0.4, 0.5) is 18.9 Å². The van der Waals surface area contributed by atoms with Crippen molar-refractivity contribution < 1.29 is 27.8 Å². The van der Waals surface area contributed by atoms with Crippen LogP contribution in [0.15, 0.2) is 36.4 Å². The van der Waals surface area contributed by atoms with Crippen molar-refractivity contribution in [2.45, 2.75) is 58.7 Å². The third kappa shape index (κ3) is 10.1. The molecule has 0 aromatic heterocycles. The van der Waals surface area contributed by atoms with E-state index in [0.29, 0.717) is 18.3 Å². The predicted octanol–water partition coefficient (Wildman–Crippen LogP) is 5.25. The zero-order valence-corrected chi connectivity index (χ0v) is 21.9. The van der Waals surface area contributed by atoms with E-state index < -0.39 is 12.8 Å². The molecule has 2 atom stereocenters. The number of halogens is 3. The van der Waals surface area contributed by atoms with Gasteiger partial charge in [-0.2, -0.15) is 18.4 Å². The van der Waals surface area contributed by atoms with E-state index in [1.54, 1.807) is 18.2 Å². The van der Waals surface area contributed by atoms with Crippen molar-refractivity contribution in [3.05, 3.63) is 53.1 Å². The molecule has 1 aliphatic heterocycles. The third-order valence-electron chi connectivity index (χ3n) is 5.94. The van der Waals surface area contributed by atoms with E-state index in [1.807, 2.05) is 26.8 Å². The Balaban J connectivity index is 0.000000261. The first-order valence-electron chi connectivity index (χ1n) is 12.7. The third-order valence-corrected chi connectivity index (χ3v) is 5.94. The van der Waals surface area contributed by atoms with Crippen LogP contribution in [-0.2, 0) is 12.8 Å². The van der Waals surface area contributed by atoms with Gasteiger partial charge in [-0.1, -0.05) is 38.5 Å². The fourth-order valence-electron chi connectivity index (χ4n) is 3.95. The summed E-state index contributed by atoms with van der Waals surface area (Å²) in [6.45, 7) is 7.11. The summed E-state index contributed by atoms with van der Waals surface area (Å²) >= 11 is 0.